The summed E-state index contributed by atoms with van der Waals surface area (Å²) >= 11 is 3.40. The number of anilines is 1. The zero-order chi connectivity index (χ0) is 28.7. The molecule has 9 heteroatoms. The molecule has 3 aromatic rings. The van der Waals surface area contributed by atoms with Crippen molar-refractivity contribution in [2.45, 2.75) is 69.5 Å². The summed E-state index contributed by atoms with van der Waals surface area (Å²) in [6, 6.07) is 21.8. The number of nitrogens with zero attached hydrogens (tertiary/aromatic N) is 2. The molecule has 1 aliphatic carbocycles. The summed E-state index contributed by atoms with van der Waals surface area (Å²) in [7, 11) is -4.08. The monoisotopic (exact) mass is 625 g/mol. The molecule has 1 atom stereocenters. The van der Waals surface area contributed by atoms with Crippen molar-refractivity contribution in [2.24, 2.45) is 0 Å². The van der Waals surface area contributed by atoms with Crippen LogP contribution in [0.2, 0.25) is 0 Å². The zero-order valence-corrected chi connectivity index (χ0v) is 25.3. The topological polar surface area (TPSA) is 86.8 Å². The Labute approximate surface area is 245 Å². The van der Waals surface area contributed by atoms with Crippen LogP contribution in [0.25, 0.3) is 0 Å². The van der Waals surface area contributed by atoms with E-state index >= 15 is 0 Å². The van der Waals surface area contributed by atoms with Gasteiger partial charge in [0.05, 0.1) is 10.6 Å². The summed E-state index contributed by atoms with van der Waals surface area (Å²) in [6.07, 6.45) is 5.17. The van der Waals surface area contributed by atoms with E-state index in [1.165, 1.54) is 23.5 Å². The van der Waals surface area contributed by atoms with E-state index in [9.17, 15) is 18.0 Å². The van der Waals surface area contributed by atoms with Crippen molar-refractivity contribution in [1.29, 1.82) is 0 Å². The van der Waals surface area contributed by atoms with Gasteiger partial charge < -0.3 is 10.2 Å². The number of rotatable bonds is 10. The van der Waals surface area contributed by atoms with Crippen LogP contribution < -0.4 is 9.62 Å². The largest absolute Gasteiger partial charge is 0.352 e. The van der Waals surface area contributed by atoms with Gasteiger partial charge in [-0.3, -0.25) is 13.9 Å². The Morgan fingerprint density at radius 3 is 2.20 bits per heavy atom. The van der Waals surface area contributed by atoms with Crippen LogP contribution in [0, 0.1) is 6.92 Å². The molecule has 2 amide bonds. The van der Waals surface area contributed by atoms with Crippen LogP contribution in [-0.4, -0.2) is 43.8 Å². The summed E-state index contributed by atoms with van der Waals surface area (Å²) in [5.41, 5.74) is 2.24. The molecule has 212 valence electrons. The smallest absolute Gasteiger partial charge is 0.264 e. The summed E-state index contributed by atoms with van der Waals surface area (Å²) in [5.74, 6) is -0.688. The van der Waals surface area contributed by atoms with Gasteiger partial charge in [-0.1, -0.05) is 77.7 Å². The third kappa shape index (κ3) is 7.31. The molecule has 1 fully saturated rings. The molecule has 0 bridgehead atoms. The molecule has 0 unspecified atom stereocenters. The lowest BCUT2D eigenvalue weighted by molar-refractivity contribution is -0.139. The highest BCUT2D eigenvalue weighted by atomic mass is 79.9. The first kappa shape index (κ1) is 29.8. The molecule has 3 aromatic carbocycles. The van der Waals surface area contributed by atoms with Gasteiger partial charge in [0.25, 0.3) is 10.0 Å². The number of amides is 2. The lowest BCUT2D eigenvalue weighted by Gasteiger charge is -2.33. The van der Waals surface area contributed by atoms with Crippen molar-refractivity contribution >= 4 is 43.5 Å². The van der Waals surface area contributed by atoms with E-state index in [1.807, 2.05) is 31.2 Å². The molecule has 1 saturated carbocycles. The van der Waals surface area contributed by atoms with Crippen LogP contribution in [-0.2, 0) is 26.2 Å². The van der Waals surface area contributed by atoms with Crippen molar-refractivity contribution in [3.63, 3.8) is 0 Å². The van der Waals surface area contributed by atoms with Crippen LogP contribution in [0.3, 0.4) is 0 Å². The van der Waals surface area contributed by atoms with Gasteiger partial charge in [0.15, 0.2) is 0 Å². The summed E-state index contributed by atoms with van der Waals surface area (Å²) in [4.78, 5) is 29.0. The maximum Gasteiger partial charge on any atom is 0.264 e. The Morgan fingerprint density at radius 1 is 0.925 bits per heavy atom. The second kappa shape index (κ2) is 13.5. The Bertz CT molecular complexity index is 1410. The number of sulfonamides is 1. The fourth-order valence-electron chi connectivity index (χ4n) is 4.98. The lowest BCUT2D eigenvalue weighted by Crippen LogP contribution is -2.53. The predicted molar refractivity (Wildman–Crippen MR) is 161 cm³/mol. The summed E-state index contributed by atoms with van der Waals surface area (Å²) < 4.78 is 29.5. The van der Waals surface area contributed by atoms with Gasteiger partial charge in [-0.05, 0) is 74.2 Å². The van der Waals surface area contributed by atoms with Crippen LogP contribution in [0.1, 0.15) is 50.2 Å². The number of carbonyl (C=O) groups excluding carboxylic acids is 2. The third-order valence-corrected chi connectivity index (χ3v) is 9.76. The first-order valence-corrected chi connectivity index (χ1v) is 15.9. The number of aryl methyl sites for hydroxylation is 1. The van der Waals surface area contributed by atoms with Gasteiger partial charge in [-0.25, -0.2) is 8.42 Å². The summed E-state index contributed by atoms with van der Waals surface area (Å²) in [5, 5.41) is 3.13. The average Bonchev–Trinajstić information content (AvgIpc) is 2.96. The molecule has 7 nitrogen and oxygen atoms in total. The van der Waals surface area contributed by atoms with Crippen molar-refractivity contribution in [2.75, 3.05) is 10.8 Å². The van der Waals surface area contributed by atoms with Crippen LogP contribution in [0.4, 0.5) is 5.69 Å². The fourth-order valence-corrected chi connectivity index (χ4v) is 6.68. The highest BCUT2D eigenvalue weighted by Gasteiger charge is 2.33. The first-order chi connectivity index (χ1) is 19.2. The molecular weight excluding hydrogens is 590 g/mol. The molecule has 0 aliphatic heterocycles. The number of carbonyl (C=O) groups is 2. The van der Waals surface area contributed by atoms with Crippen LogP contribution in [0.5, 0.6) is 0 Å². The first-order valence-electron chi connectivity index (χ1n) is 13.6. The van der Waals surface area contributed by atoms with E-state index in [4.69, 9.17) is 0 Å². The predicted octanol–water partition coefficient (Wildman–Crippen LogP) is 5.82. The average molecular weight is 627 g/mol. The van der Waals surface area contributed by atoms with E-state index in [2.05, 4.69) is 21.2 Å². The molecule has 0 saturated heterocycles. The van der Waals surface area contributed by atoms with Gasteiger partial charge in [0.1, 0.15) is 12.6 Å². The zero-order valence-electron chi connectivity index (χ0n) is 22.9. The van der Waals surface area contributed by atoms with E-state index in [0.717, 1.165) is 45.6 Å². The number of nitrogens with one attached hydrogen (secondary N) is 1. The van der Waals surface area contributed by atoms with Gasteiger partial charge >= 0.3 is 0 Å². The Morgan fingerprint density at radius 2 is 1.55 bits per heavy atom. The van der Waals surface area contributed by atoms with Crippen molar-refractivity contribution in [1.82, 2.24) is 10.2 Å². The quantitative estimate of drug-likeness (QED) is 0.308. The van der Waals surface area contributed by atoms with Crippen LogP contribution >= 0.6 is 15.9 Å². The second-order valence-electron chi connectivity index (χ2n) is 10.3. The molecular formula is C31H36BrN3O4S. The number of hydrogen-bond acceptors (Lipinski definition) is 4. The lowest BCUT2D eigenvalue weighted by atomic mass is 9.95. The Hall–Kier alpha value is -3.17. The number of benzene rings is 3. The summed E-state index contributed by atoms with van der Waals surface area (Å²) in [6.45, 7) is 3.40. The van der Waals surface area contributed by atoms with Gasteiger partial charge in [-0.2, -0.15) is 0 Å². The van der Waals surface area contributed by atoms with Gasteiger partial charge in [-0.15, -0.1) is 0 Å². The van der Waals surface area contributed by atoms with E-state index < -0.39 is 28.5 Å². The molecule has 0 radical (unpaired) electrons. The van der Waals surface area contributed by atoms with E-state index in [0.29, 0.717) is 5.69 Å². The minimum absolute atomic E-state index is 0.0827. The molecule has 1 aliphatic rings. The van der Waals surface area contributed by atoms with Gasteiger partial charge in [0.2, 0.25) is 11.8 Å². The fraction of sp³-hybridized carbons (Fsp3) is 0.355. The second-order valence-corrected chi connectivity index (χ2v) is 13.0. The van der Waals surface area contributed by atoms with Crippen molar-refractivity contribution in [3.8, 4) is 0 Å². The molecule has 4 rings (SSSR count). The highest BCUT2D eigenvalue weighted by molar-refractivity contribution is 9.10. The molecule has 40 heavy (non-hydrogen) atoms. The Kier molecular flexibility index (Phi) is 10.0. The SMILES string of the molecule is Cc1ccccc1CN(C(=O)CN(c1ccc(Br)cc1)S(=O)(=O)c1ccccc1)[C@@H](C)C(=O)NC1CCCCC1. The normalized spacial score (nSPS) is 14.8. The standard InChI is InChI=1S/C31H36BrN3O4S/c1-23-11-9-10-12-25(23)21-34(24(2)31(37)33-27-13-5-3-6-14-27)30(36)22-35(28-19-17-26(32)18-20-28)40(38,39)29-15-7-4-8-16-29/h4,7-12,15-20,24,27H,3,5-6,13-14,21-22H2,1-2H3,(H,33,37)/t24-/m0/s1. The molecule has 0 aromatic heterocycles. The molecule has 1 N–H and O–H groups in total. The maximum atomic E-state index is 14.1. The van der Waals surface area contributed by atoms with E-state index in [1.54, 1.807) is 49.4 Å². The number of halogens is 1. The van der Waals surface area contributed by atoms with Crippen LogP contribution in [0.15, 0.2) is 88.2 Å². The number of hydrogen-bond donors (Lipinski definition) is 1. The molecule has 0 spiro atoms. The Balaban J connectivity index is 1.67. The highest BCUT2D eigenvalue weighted by Crippen LogP contribution is 2.26. The maximum absolute atomic E-state index is 14.1. The third-order valence-electron chi connectivity index (χ3n) is 7.45. The van der Waals surface area contributed by atoms with Gasteiger partial charge in [0, 0.05) is 17.1 Å². The van der Waals surface area contributed by atoms with E-state index in [-0.39, 0.29) is 23.4 Å². The minimum atomic E-state index is -4.08. The molecule has 0 heterocycles. The van der Waals surface area contributed by atoms with Crippen molar-refractivity contribution < 1.29 is 18.0 Å². The minimum Gasteiger partial charge on any atom is -0.352 e. The van der Waals surface area contributed by atoms with Crippen molar-refractivity contribution in [3.05, 3.63) is 94.5 Å².